The number of hydrogen-bond acceptors (Lipinski definition) is 5. The van der Waals surface area contributed by atoms with Crippen molar-refractivity contribution in [3.63, 3.8) is 0 Å². The SMILES string of the molecule is CN=C(NCc1ncc(C(C)(C)C)o1)NCC1CCN(C(=O)OC(C)(C)C)CC1. The summed E-state index contributed by atoms with van der Waals surface area (Å²) in [6, 6.07) is 0. The molecule has 1 aromatic heterocycles. The lowest BCUT2D eigenvalue weighted by atomic mass is 9.94. The Labute approximate surface area is 174 Å². The fourth-order valence-electron chi connectivity index (χ4n) is 3.01. The fourth-order valence-corrected chi connectivity index (χ4v) is 3.01. The van der Waals surface area contributed by atoms with Gasteiger partial charge in [0.05, 0.1) is 12.7 Å². The zero-order valence-corrected chi connectivity index (χ0v) is 19.0. The van der Waals surface area contributed by atoms with E-state index in [4.69, 9.17) is 9.15 Å². The number of carbonyl (C=O) groups is 1. The number of aliphatic imine (C=N–C) groups is 1. The average Bonchev–Trinajstić information content (AvgIpc) is 3.10. The number of piperidine rings is 1. The van der Waals surface area contributed by atoms with Gasteiger partial charge in [-0.3, -0.25) is 4.99 Å². The van der Waals surface area contributed by atoms with Crippen LogP contribution >= 0.6 is 0 Å². The lowest BCUT2D eigenvalue weighted by Gasteiger charge is -2.33. The van der Waals surface area contributed by atoms with Crippen molar-refractivity contribution in [2.75, 3.05) is 26.7 Å². The predicted octanol–water partition coefficient (Wildman–Crippen LogP) is 3.28. The van der Waals surface area contributed by atoms with Gasteiger partial charge >= 0.3 is 6.09 Å². The molecule has 0 atom stereocenters. The number of rotatable bonds is 4. The topological polar surface area (TPSA) is 92.0 Å². The molecular weight excluding hydrogens is 370 g/mol. The molecule has 2 rings (SSSR count). The minimum Gasteiger partial charge on any atom is -0.444 e. The molecule has 8 nitrogen and oxygen atoms in total. The van der Waals surface area contributed by atoms with Gasteiger partial charge in [0, 0.05) is 32.1 Å². The highest BCUT2D eigenvalue weighted by Gasteiger charge is 2.27. The molecule has 1 fully saturated rings. The third-order valence-corrected chi connectivity index (χ3v) is 4.75. The molecular formula is C21H37N5O3. The van der Waals surface area contributed by atoms with Gasteiger partial charge in [0.25, 0.3) is 0 Å². The molecule has 0 bridgehead atoms. The van der Waals surface area contributed by atoms with Crippen molar-refractivity contribution in [1.82, 2.24) is 20.5 Å². The Hall–Kier alpha value is -2.25. The minimum absolute atomic E-state index is 0.0562. The lowest BCUT2D eigenvalue weighted by molar-refractivity contribution is 0.0185. The van der Waals surface area contributed by atoms with Crippen molar-refractivity contribution in [1.29, 1.82) is 0 Å². The summed E-state index contributed by atoms with van der Waals surface area (Å²) in [5.41, 5.74) is -0.510. The van der Waals surface area contributed by atoms with Gasteiger partial charge in [0.2, 0.25) is 5.89 Å². The van der Waals surface area contributed by atoms with Crippen molar-refractivity contribution in [3.8, 4) is 0 Å². The largest absolute Gasteiger partial charge is 0.444 e. The van der Waals surface area contributed by atoms with E-state index in [1.807, 2.05) is 20.8 Å². The Bertz CT molecular complexity index is 692. The van der Waals surface area contributed by atoms with Gasteiger partial charge in [-0.25, -0.2) is 9.78 Å². The number of ether oxygens (including phenoxy) is 1. The zero-order valence-electron chi connectivity index (χ0n) is 19.0. The number of oxazole rings is 1. The summed E-state index contributed by atoms with van der Waals surface area (Å²) in [5, 5.41) is 6.60. The van der Waals surface area contributed by atoms with E-state index in [0.29, 0.717) is 18.4 Å². The van der Waals surface area contributed by atoms with Crippen LogP contribution in [0.1, 0.15) is 66.0 Å². The number of nitrogens with zero attached hydrogens (tertiary/aromatic N) is 3. The van der Waals surface area contributed by atoms with E-state index in [1.165, 1.54) is 0 Å². The van der Waals surface area contributed by atoms with E-state index in [9.17, 15) is 4.79 Å². The van der Waals surface area contributed by atoms with Crippen LogP contribution in [0.4, 0.5) is 4.79 Å². The zero-order chi connectivity index (χ0) is 21.7. The molecule has 0 saturated carbocycles. The first-order chi connectivity index (χ1) is 13.5. The van der Waals surface area contributed by atoms with Crippen molar-refractivity contribution < 1.29 is 13.9 Å². The molecule has 0 aromatic carbocycles. The monoisotopic (exact) mass is 407 g/mol. The van der Waals surface area contributed by atoms with Crippen LogP contribution in [-0.2, 0) is 16.7 Å². The Morgan fingerprint density at radius 2 is 1.90 bits per heavy atom. The number of likely N-dealkylation sites (tertiary alicyclic amines) is 1. The fraction of sp³-hybridized carbons (Fsp3) is 0.762. The van der Waals surface area contributed by atoms with Gasteiger partial charge < -0.3 is 24.7 Å². The second-order valence-corrected chi connectivity index (χ2v) is 9.59. The second-order valence-electron chi connectivity index (χ2n) is 9.59. The van der Waals surface area contributed by atoms with Gasteiger partial charge in [-0.2, -0.15) is 0 Å². The van der Waals surface area contributed by atoms with Crippen LogP contribution in [0.2, 0.25) is 0 Å². The molecule has 164 valence electrons. The van der Waals surface area contributed by atoms with Gasteiger partial charge in [0.1, 0.15) is 11.4 Å². The van der Waals surface area contributed by atoms with E-state index >= 15 is 0 Å². The Morgan fingerprint density at radius 3 is 2.41 bits per heavy atom. The number of hydrogen-bond donors (Lipinski definition) is 2. The summed E-state index contributed by atoms with van der Waals surface area (Å²) in [5.74, 6) is 2.72. The molecule has 29 heavy (non-hydrogen) atoms. The molecule has 1 aliphatic heterocycles. The molecule has 0 radical (unpaired) electrons. The molecule has 1 aromatic rings. The molecule has 2 heterocycles. The molecule has 1 aliphatic rings. The standard InChI is InChI=1S/C21H37N5O3/c1-20(2,3)16-13-23-17(28-16)14-25-18(22-7)24-12-15-8-10-26(11-9-15)19(27)29-21(4,5)6/h13,15H,8-12,14H2,1-7H3,(H2,22,24,25). The average molecular weight is 408 g/mol. The first kappa shape index (κ1) is 23.0. The summed E-state index contributed by atoms with van der Waals surface area (Å²) in [7, 11) is 1.75. The molecule has 8 heteroatoms. The van der Waals surface area contributed by atoms with E-state index in [2.05, 4.69) is 41.4 Å². The Kier molecular flexibility index (Phi) is 7.54. The first-order valence-corrected chi connectivity index (χ1v) is 10.4. The summed E-state index contributed by atoms with van der Waals surface area (Å²) in [6.45, 7) is 14.7. The molecule has 1 saturated heterocycles. The molecule has 2 N–H and O–H groups in total. The van der Waals surface area contributed by atoms with Crippen molar-refractivity contribution >= 4 is 12.1 Å². The van der Waals surface area contributed by atoms with Crippen molar-refractivity contribution in [3.05, 3.63) is 17.8 Å². The number of amides is 1. The number of aromatic nitrogens is 1. The van der Waals surface area contributed by atoms with Crippen LogP contribution in [-0.4, -0.2) is 54.2 Å². The minimum atomic E-state index is -0.454. The molecule has 0 unspecified atom stereocenters. The van der Waals surface area contributed by atoms with Crippen LogP contribution in [0.5, 0.6) is 0 Å². The molecule has 0 spiro atoms. The highest BCUT2D eigenvalue weighted by atomic mass is 16.6. The Morgan fingerprint density at radius 1 is 1.24 bits per heavy atom. The smallest absolute Gasteiger partial charge is 0.410 e. The van der Waals surface area contributed by atoms with Crippen LogP contribution in [0.25, 0.3) is 0 Å². The molecule has 0 aliphatic carbocycles. The van der Waals surface area contributed by atoms with Crippen LogP contribution < -0.4 is 10.6 Å². The van der Waals surface area contributed by atoms with Crippen molar-refractivity contribution in [2.24, 2.45) is 10.9 Å². The lowest BCUT2D eigenvalue weighted by Crippen LogP contribution is -2.45. The highest BCUT2D eigenvalue weighted by Crippen LogP contribution is 2.22. The maximum Gasteiger partial charge on any atom is 0.410 e. The summed E-state index contributed by atoms with van der Waals surface area (Å²) in [4.78, 5) is 22.6. The normalized spacial score (nSPS) is 16.7. The summed E-state index contributed by atoms with van der Waals surface area (Å²) >= 11 is 0. The number of nitrogens with one attached hydrogen (secondary N) is 2. The third kappa shape index (κ3) is 7.59. The maximum atomic E-state index is 12.2. The van der Waals surface area contributed by atoms with Gasteiger partial charge in [0.15, 0.2) is 5.96 Å². The van der Waals surface area contributed by atoms with Gasteiger partial charge in [-0.1, -0.05) is 20.8 Å². The first-order valence-electron chi connectivity index (χ1n) is 10.4. The van der Waals surface area contributed by atoms with Gasteiger partial charge in [-0.15, -0.1) is 0 Å². The predicted molar refractivity (Wildman–Crippen MR) is 114 cm³/mol. The highest BCUT2D eigenvalue weighted by molar-refractivity contribution is 5.79. The van der Waals surface area contributed by atoms with E-state index in [0.717, 1.165) is 44.2 Å². The molecule has 1 amide bonds. The van der Waals surface area contributed by atoms with Crippen molar-refractivity contribution in [2.45, 2.75) is 71.9 Å². The van der Waals surface area contributed by atoms with E-state index in [1.54, 1.807) is 18.1 Å². The van der Waals surface area contributed by atoms with E-state index < -0.39 is 5.60 Å². The van der Waals surface area contributed by atoms with Gasteiger partial charge in [-0.05, 0) is 39.5 Å². The third-order valence-electron chi connectivity index (χ3n) is 4.75. The maximum absolute atomic E-state index is 12.2. The van der Waals surface area contributed by atoms with Crippen LogP contribution in [0.3, 0.4) is 0 Å². The quantitative estimate of drug-likeness (QED) is 0.588. The van der Waals surface area contributed by atoms with Crippen LogP contribution in [0.15, 0.2) is 15.6 Å². The Balaban J connectivity index is 1.72. The van der Waals surface area contributed by atoms with Crippen LogP contribution in [0, 0.1) is 5.92 Å². The summed E-state index contributed by atoms with van der Waals surface area (Å²) < 4.78 is 11.3. The summed E-state index contributed by atoms with van der Waals surface area (Å²) in [6.07, 6.45) is 3.45. The number of carbonyl (C=O) groups excluding carboxylic acids is 1. The number of guanidine groups is 1. The van der Waals surface area contributed by atoms with E-state index in [-0.39, 0.29) is 11.5 Å². The second kappa shape index (κ2) is 9.50.